The van der Waals surface area contributed by atoms with Crippen molar-refractivity contribution in [3.05, 3.63) is 12.2 Å². The van der Waals surface area contributed by atoms with Crippen LogP contribution in [0.15, 0.2) is 12.2 Å². The third-order valence-corrected chi connectivity index (χ3v) is 5.83. The minimum absolute atomic E-state index is 0.412. The van der Waals surface area contributed by atoms with Gasteiger partial charge in [0.1, 0.15) is 0 Å². The van der Waals surface area contributed by atoms with Gasteiger partial charge in [0.15, 0.2) is 0 Å². The highest BCUT2D eigenvalue weighted by atomic mass is 19.4. The fourth-order valence-electron chi connectivity index (χ4n) is 3.85. The molecule has 2 nitrogen and oxygen atoms in total. The van der Waals surface area contributed by atoms with Gasteiger partial charge in [0.25, 0.3) is 11.3 Å². The van der Waals surface area contributed by atoms with Gasteiger partial charge in [-0.25, -0.2) is 18.0 Å². The average molecular weight is 592 g/mol. The zero-order valence-electron chi connectivity index (χ0n) is 16.9. The number of rotatable bonds is 4. The van der Waals surface area contributed by atoms with Crippen molar-refractivity contribution in [2.75, 3.05) is 0 Å². The first-order valence-electron chi connectivity index (χ1n) is 8.76. The molecule has 37 heavy (non-hydrogen) atoms. The van der Waals surface area contributed by atoms with E-state index in [2.05, 4.69) is 11.3 Å². The van der Waals surface area contributed by atoms with E-state index in [0.29, 0.717) is 6.92 Å². The molecule has 0 aromatic heterocycles. The van der Waals surface area contributed by atoms with Gasteiger partial charge >= 0.3 is 53.5 Å². The smallest absolute Gasteiger partial charge is 0.397 e. The molecule has 3 unspecified atom stereocenters. The van der Waals surface area contributed by atoms with E-state index in [0.717, 1.165) is 0 Å². The summed E-state index contributed by atoms with van der Waals surface area (Å²) >= 11 is 0. The molecule has 0 heterocycles. The first-order valence-corrected chi connectivity index (χ1v) is 8.76. The van der Waals surface area contributed by atoms with E-state index in [4.69, 9.17) is 0 Å². The van der Waals surface area contributed by atoms with E-state index in [1.165, 1.54) is 0 Å². The first-order chi connectivity index (χ1) is 15.8. The maximum atomic E-state index is 15.3. The lowest BCUT2D eigenvalue weighted by Crippen LogP contribution is -2.99. The normalized spacial score (nSPS) is 38.3. The number of ether oxygens (including phenoxy) is 1. The lowest BCUT2D eigenvalue weighted by atomic mass is 9.50. The monoisotopic (exact) mass is 592 g/mol. The molecule has 0 aromatic carbocycles. The van der Waals surface area contributed by atoms with Gasteiger partial charge in [-0.3, -0.25) is 0 Å². The SMILES string of the molecule is C=C(C)C(=O)OC(F)(F)CC1(F)C(F)(F)C(F)(F)C(F)(F)C2(F)C(F)(F)C(F)(F)C(F)(F)C(F)(F)C12F. The van der Waals surface area contributed by atoms with Crippen LogP contribution in [0.1, 0.15) is 13.3 Å². The van der Waals surface area contributed by atoms with Crippen LogP contribution in [0, 0.1) is 0 Å². The Labute approximate surface area is 190 Å². The van der Waals surface area contributed by atoms with Gasteiger partial charge in [-0.15, -0.1) is 0 Å². The minimum atomic E-state index is -8.81. The molecule has 21 heteroatoms. The van der Waals surface area contributed by atoms with Crippen molar-refractivity contribution in [1.82, 2.24) is 0 Å². The highest BCUT2D eigenvalue weighted by molar-refractivity contribution is 5.87. The lowest BCUT2D eigenvalue weighted by molar-refractivity contribution is -0.550. The van der Waals surface area contributed by atoms with E-state index in [-0.39, 0.29) is 0 Å². The van der Waals surface area contributed by atoms with Crippen LogP contribution in [-0.2, 0) is 9.53 Å². The van der Waals surface area contributed by atoms with E-state index in [9.17, 15) is 75.0 Å². The predicted octanol–water partition coefficient (Wildman–Crippen LogP) is 6.69. The van der Waals surface area contributed by atoms with Crippen molar-refractivity contribution in [2.45, 2.75) is 77.9 Å². The highest BCUT2D eigenvalue weighted by Gasteiger charge is 3.14. The number of carbonyl (C=O) groups is 1. The Morgan fingerprint density at radius 3 is 1.22 bits per heavy atom. The van der Waals surface area contributed by atoms with Crippen LogP contribution < -0.4 is 0 Å². The summed E-state index contributed by atoms with van der Waals surface area (Å²) < 4.78 is 272. The molecule has 0 radical (unpaired) electrons. The summed E-state index contributed by atoms with van der Waals surface area (Å²) in [6.07, 6.45) is -11.3. The summed E-state index contributed by atoms with van der Waals surface area (Å²) in [5.74, 6) is -62.0. The molecule has 0 spiro atoms. The van der Waals surface area contributed by atoms with Gasteiger partial charge in [-0.1, -0.05) is 6.58 Å². The molecule has 2 rings (SSSR count). The molecule has 0 amide bonds. The van der Waals surface area contributed by atoms with Crippen molar-refractivity contribution in [3.8, 4) is 0 Å². The Bertz CT molecular complexity index is 1010. The second-order valence-electron chi connectivity index (χ2n) is 8.12. The number of halogens is 19. The molecule has 3 atom stereocenters. The van der Waals surface area contributed by atoms with Crippen molar-refractivity contribution in [1.29, 1.82) is 0 Å². The maximum absolute atomic E-state index is 15.3. The van der Waals surface area contributed by atoms with Gasteiger partial charge in [-0.2, -0.15) is 70.2 Å². The quantitative estimate of drug-likeness (QED) is 0.207. The van der Waals surface area contributed by atoms with E-state index in [1.54, 1.807) is 0 Å². The number of fused-ring (bicyclic) bond motifs is 1. The van der Waals surface area contributed by atoms with Gasteiger partial charge in [0.05, 0.1) is 6.42 Å². The number of esters is 1. The molecule has 0 saturated heterocycles. The summed E-state index contributed by atoms with van der Waals surface area (Å²) in [6.45, 7) is 2.95. The molecule has 0 bridgehead atoms. The fourth-order valence-corrected chi connectivity index (χ4v) is 3.85. The molecular weight excluding hydrogens is 585 g/mol. The number of hydrogen-bond donors (Lipinski definition) is 0. The molecule has 2 fully saturated rings. The standard InChI is InChI=1S/C16H7F19O2/c1-4(2)5(36)37-7(18,19)3-6(17)8(20)9(21,12(26,27)14(30,31)10(6,22)23)13(28,29)16(34,35)15(32,33)11(8,24)25/h1,3H2,2H3. The summed E-state index contributed by atoms with van der Waals surface area (Å²) in [5.41, 5.74) is -26.9. The Morgan fingerprint density at radius 2 is 0.892 bits per heavy atom. The highest BCUT2D eigenvalue weighted by Crippen LogP contribution is 2.81. The summed E-state index contributed by atoms with van der Waals surface area (Å²) in [5, 5.41) is 0. The topological polar surface area (TPSA) is 26.3 Å². The summed E-state index contributed by atoms with van der Waals surface area (Å²) in [7, 11) is 0. The number of alkyl halides is 19. The first kappa shape index (κ1) is 31.1. The number of hydrogen-bond acceptors (Lipinski definition) is 2. The maximum Gasteiger partial charge on any atom is 0.403 e. The van der Waals surface area contributed by atoms with Crippen LogP contribution >= 0.6 is 0 Å². The van der Waals surface area contributed by atoms with E-state index < -0.39 is 82.5 Å². The summed E-state index contributed by atoms with van der Waals surface area (Å²) in [6, 6.07) is 0. The second kappa shape index (κ2) is 7.09. The second-order valence-corrected chi connectivity index (χ2v) is 8.12. The predicted molar refractivity (Wildman–Crippen MR) is 76.6 cm³/mol. The van der Waals surface area contributed by atoms with Gasteiger partial charge in [-0.05, 0) is 6.92 Å². The van der Waals surface area contributed by atoms with Crippen LogP contribution in [0.25, 0.3) is 0 Å². The van der Waals surface area contributed by atoms with Gasteiger partial charge in [0.2, 0.25) is 5.67 Å². The van der Waals surface area contributed by atoms with Crippen molar-refractivity contribution in [2.24, 2.45) is 0 Å². The molecule has 2 aliphatic rings. The molecule has 2 aliphatic carbocycles. The minimum Gasteiger partial charge on any atom is -0.397 e. The third kappa shape index (κ3) is 2.75. The van der Waals surface area contributed by atoms with Crippen LogP contribution in [0.5, 0.6) is 0 Å². The lowest BCUT2D eigenvalue weighted by Gasteiger charge is -2.65. The Kier molecular flexibility index (Phi) is 5.96. The van der Waals surface area contributed by atoms with Crippen molar-refractivity contribution < 1.29 is 92.9 Å². The van der Waals surface area contributed by atoms with E-state index in [1.807, 2.05) is 0 Å². The van der Waals surface area contributed by atoms with Gasteiger partial charge in [0, 0.05) is 5.57 Å². The van der Waals surface area contributed by atoms with Crippen LogP contribution in [0.3, 0.4) is 0 Å². The number of carbonyl (C=O) groups excluding carboxylic acids is 1. The third-order valence-electron chi connectivity index (χ3n) is 5.83. The molecule has 216 valence electrons. The zero-order chi connectivity index (χ0) is 30.1. The van der Waals surface area contributed by atoms with Crippen LogP contribution in [-0.4, -0.2) is 70.5 Å². The molecular formula is C16H7F19O2. The van der Waals surface area contributed by atoms with Crippen molar-refractivity contribution in [3.63, 3.8) is 0 Å². The Balaban J connectivity index is 3.17. The molecule has 0 aliphatic heterocycles. The molecule has 0 aromatic rings. The largest absolute Gasteiger partial charge is 0.403 e. The fraction of sp³-hybridized carbons (Fsp3) is 0.812. The van der Waals surface area contributed by atoms with Crippen molar-refractivity contribution >= 4 is 5.97 Å². The zero-order valence-corrected chi connectivity index (χ0v) is 16.9. The van der Waals surface area contributed by atoms with E-state index >= 15 is 13.2 Å². The van der Waals surface area contributed by atoms with Crippen LogP contribution in [0.4, 0.5) is 83.4 Å². The molecule has 2 saturated carbocycles. The van der Waals surface area contributed by atoms with Gasteiger partial charge < -0.3 is 4.74 Å². The Morgan fingerprint density at radius 1 is 0.595 bits per heavy atom. The summed E-state index contributed by atoms with van der Waals surface area (Å²) in [4.78, 5) is 11.1. The Hall–Kier alpha value is -2.12. The van der Waals surface area contributed by atoms with Crippen LogP contribution in [0.2, 0.25) is 0 Å². The average Bonchev–Trinajstić information content (AvgIpc) is 2.68. The molecule has 0 N–H and O–H groups in total.